The van der Waals surface area contributed by atoms with Gasteiger partial charge in [-0.3, -0.25) is 9.59 Å². The summed E-state index contributed by atoms with van der Waals surface area (Å²) >= 11 is 2.60. The van der Waals surface area contributed by atoms with Gasteiger partial charge in [-0.05, 0) is 27.7 Å². The molecule has 0 radical (unpaired) electrons. The van der Waals surface area contributed by atoms with Crippen molar-refractivity contribution in [2.45, 2.75) is 27.7 Å². The fraction of sp³-hybridized carbons (Fsp3) is 0.833. The summed E-state index contributed by atoms with van der Waals surface area (Å²) in [6.07, 6.45) is 0. The van der Waals surface area contributed by atoms with E-state index in [0.717, 1.165) is 26.2 Å². The van der Waals surface area contributed by atoms with Crippen LogP contribution in [0.5, 0.6) is 0 Å². The second-order valence-electron chi connectivity index (χ2n) is 3.57. The molecule has 0 aliphatic heterocycles. The molecular weight excluding hydrogens is 268 g/mol. The maximum absolute atomic E-state index is 11.7. The predicted molar refractivity (Wildman–Crippen MR) is 81.6 cm³/mol. The van der Waals surface area contributed by atoms with E-state index in [0.29, 0.717) is 11.5 Å². The standard InChI is InChI=1S/C12H24N2O2S2/c1-5-13(6-2)11(15)17-9-10-18-12(16)14(7-3)8-4/h5-10H2,1-4H3. The maximum atomic E-state index is 11.7. The second kappa shape index (κ2) is 10.6. The van der Waals surface area contributed by atoms with Crippen molar-refractivity contribution in [3.63, 3.8) is 0 Å². The molecule has 0 unspecified atom stereocenters. The Hall–Kier alpha value is -0.360. The summed E-state index contributed by atoms with van der Waals surface area (Å²) in [4.78, 5) is 26.9. The minimum Gasteiger partial charge on any atom is -0.334 e. The van der Waals surface area contributed by atoms with Gasteiger partial charge in [0.2, 0.25) is 0 Å². The third-order valence-electron chi connectivity index (χ3n) is 2.58. The molecule has 0 rings (SSSR count). The fourth-order valence-corrected chi connectivity index (χ4v) is 3.30. The smallest absolute Gasteiger partial charge is 0.281 e. The molecule has 0 aliphatic carbocycles. The van der Waals surface area contributed by atoms with E-state index in [-0.39, 0.29) is 10.5 Å². The molecule has 106 valence electrons. The van der Waals surface area contributed by atoms with Crippen LogP contribution in [0.2, 0.25) is 0 Å². The van der Waals surface area contributed by atoms with Gasteiger partial charge in [0, 0.05) is 37.7 Å². The lowest BCUT2D eigenvalue weighted by atomic mass is 10.6. The summed E-state index contributed by atoms with van der Waals surface area (Å²) in [5, 5.41) is 0.215. The summed E-state index contributed by atoms with van der Waals surface area (Å²) in [5.74, 6) is 1.38. The first-order valence-electron chi connectivity index (χ1n) is 6.43. The van der Waals surface area contributed by atoms with Crippen molar-refractivity contribution in [2.24, 2.45) is 0 Å². The van der Waals surface area contributed by atoms with E-state index in [1.165, 1.54) is 23.5 Å². The van der Waals surface area contributed by atoms with E-state index >= 15 is 0 Å². The van der Waals surface area contributed by atoms with E-state index in [1.54, 1.807) is 9.80 Å². The van der Waals surface area contributed by atoms with Gasteiger partial charge in [0.25, 0.3) is 10.5 Å². The van der Waals surface area contributed by atoms with E-state index < -0.39 is 0 Å². The van der Waals surface area contributed by atoms with Crippen LogP contribution in [0.1, 0.15) is 27.7 Å². The molecule has 0 atom stereocenters. The first-order chi connectivity index (χ1) is 8.60. The fourth-order valence-electron chi connectivity index (χ4n) is 1.40. The molecule has 0 aromatic carbocycles. The normalized spacial score (nSPS) is 10.2. The molecule has 0 saturated heterocycles. The van der Waals surface area contributed by atoms with Crippen LogP contribution in [0.3, 0.4) is 0 Å². The van der Waals surface area contributed by atoms with Gasteiger partial charge in [-0.15, -0.1) is 0 Å². The van der Waals surface area contributed by atoms with Crippen molar-refractivity contribution in [3.05, 3.63) is 0 Å². The summed E-state index contributed by atoms with van der Waals surface area (Å²) in [6.45, 7) is 10.9. The molecule has 0 saturated carbocycles. The van der Waals surface area contributed by atoms with Crippen molar-refractivity contribution in [1.29, 1.82) is 0 Å². The summed E-state index contributed by atoms with van der Waals surface area (Å²) < 4.78 is 0. The van der Waals surface area contributed by atoms with E-state index in [9.17, 15) is 9.59 Å². The zero-order valence-corrected chi connectivity index (χ0v) is 13.4. The Morgan fingerprint density at radius 2 is 1.00 bits per heavy atom. The van der Waals surface area contributed by atoms with Gasteiger partial charge in [0.1, 0.15) is 0 Å². The van der Waals surface area contributed by atoms with Crippen LogP contribution in [-0.4, -0.2) is 58.0 Å². The Morgan fingerprint density at radius 3 is 1.22 bits per heavy atom. The van der Waals surface area contributed by atoms with Crippen molar-refractivity contribution < 1.29 is 9.59 Å². The number of nitrogens with zero attached hydrogens (tertiary/aromatic N) is 2. The van der Waals surface area contributed by atoms with Crippen LogP contribution in [-0.2, 0) is 0 Å². The molecule has 2 amide bonds. The Labute approximate surface area is 119 Å². The van der Waals surface area contributed by atoms with Gasteiger partial charge in [-0.25, -0.2) is 0 Å². The van der Waals surface area contributed by atoms with Crippen molar-refractivity contribution in [3.8, 4) is 0 Å². The van der Waals surface area contributed by atoms with Crippen LogP contribution in [0.4, 0.5) is 9.59 Å². The minimum atomic E-state index is 0.107. The van der Waals surface area contributed by atoms with E-state index in [2.05, 4.69) is 0 Å². The first kappa shape index (κ1) is 17.6. The van der Waals surface area contributed by atoms with Gasteiger partial charge >= 0.3 is 0 Å². The molecule has 18 heavy (non-hydrogen) atoms. The predicted octanol–water partition coefficient (Wildman–Crippen LogP) is 3.38. The molecule has 0 heterocycles. The molecule has 0 aromatic rings. The Bertz CT molecular complexity index is 228. The second-order valence-corrected chi connectivity index (χ2v) is 5.67. The molecule has 0 spiro atoms. The van der Waals surface area contributed by atoms with Crippen LogP contribution in [0.25, 0.3) is 0 Å². The molecule has 0 N–H and O–H groups in total. The van der Waals surface area contributed by atoms with Crippen LogP contribution in [0.15, 0.2) is 0 Å². The number of thioether (sulfide) groups is 2. The SMILES string of the molecule is CCN(CC)C(=O)SCCSC(=O)N(CC)CC. The van der Waals surface area contributed by atoms with Crippen LogP contribution in [0, 0.1) is 0 Å². The van der Waals surface area contributed by atoms with Crippen LogP contribution >= 0.6 is 23.5 Å². The van der Waals surface area contributed by atoms with Crippen molar-refractivity contribution in [1.82, 2.24) is 9.80 Å². The molecule has 0 fully saturated rings. The third kappa shape index (κ3) is 6.54. The summed E-state index contributed by atoms with van der Waals surface area (Å²) in [6, 6.07) is 0. The van der Waals surface area contributed by atoms with Gasteiger partial charge < -0.3 is 9.80 Å². The first-order valence-corrected chi connectivity index (χ1v) is 8.41. The molecule has 0 aromatic heterocycles. The van der Waals surface area contributed by atoms with Gasteiger partial charge in [0.15, 0.2) is 0 Å². The molecular formula is C12H24N2O2S2. The van der Waals surface area contributed by atoms with E-state index in [1.807, 2.05) is 27.7 Å². The van der Waals surface area contributed by atoms with E-state index in [4.69, 9.17) is 0 Å². The molecule has 4 nitrogen and oxygen atoms in total. The maximum Gasteiger partial charge on any atom is 0.281 e. The zero-order valence-electron chi connectivity index (χ0n) is 11.8. The molecule has 6 heteroatoms. The highest BCUT2D eigenvalue weighted by Gasteiger charge is 2.12. The molecule has 0 aliphatic rings. The lowest BCUT2D eigenvalue weighted by molar-refractivity contribution is 0.227. The Balaban J connectivity index is 3.79. The van der Waals surface area contributed by atoms with Crippen molar-refractivity contribution in [2.75, 3.05) is 37.7 Å². The topological polar surface area (TPSA) is 40.6 Å². The number of rotatable bonds is 7. The highest BCUT2D eigenvalue weighted by molar-refractivity contribution is 8.16. The lowest BCUT2D eigenvalue weighted by Gasteiger charge is -2.18. The Kier molecular flexibility index (Phi) is 10.3. The van der Waals surface area contributed by atoms with Gasteiger partial charge in [0.05, 0.1) is 0 Å². The lowest BCUT2D eigenvalue weighted by Crippen LogP contribution is -2.28. The van der Waals surface area contributed by atoms with Crippen LogP contribution < -0.4 is 0 Å². The third-order valence-corrected chi connectivity index (χ3v) is 4.66. The number of carbonyl (C=O) groups is 2. The number of amides is 2. The van der Waals surface area contributed by atoms with Gasteiger partial charge in [-0.2, -0.15) is 0 Å². The highest BCUT2D eigenvalue weighted by Crippen LogP contribution is 2.14. The summed E-state index contributed by atoms with van der Waals surface area (Å²) in [5.41, 5.74) is 0. The largest absolute Gasteiger partial charge is 0.334 e. The monoisotopic (exact) mass is 292 g/mol. The average Bonchev–Trinajstić information content (AvgIpc) is 2.37. The van der Waals surface area contributed by atoms with Gasteiger partial charge in [-0.1, -0.05) is 23.5 Å². The number of carbonyl (C=O) groups excluding carboxylic acids is 2. The molecule has 0 bridgehead atoms. The zero-order chi connectivity index (χ0) is 14.0. The minimum absolute atomic E-state index is 0.107. The highest BCUT2D eigenvalue weighted by atomic mass is 32.2. The number of hydrogen-bond donors (Lipinski definition) is 0. The summed E-state index contributed by atoms with van der Waals surface area (Å²) in [7, 11) is 0. The quantitative estimate of drug-likeness (QED) is 0.675. The van der Waals surface area contributed by atoms with Crippen molar-refractivity contribution >= 4 is 34.0 Å². The Morgan fingerprint density at radius 1 is 0.722 bits per heavy atom. The average molecular weight is 292 g/mol. The number of hydrogen-bond acceptors (Lipinski definition) is 4.